The van der Waals surface area contributed by atoms with Crippen LogP contribution in [-0.4, -0.2) is 19.6 Å². The van der Waals surface area contributed by atoms with Gasteiger partial charge in [0.15, 0.2) is 0 Å². The van der Waals surface area contributed by atoms with Crippen molar-refractivity contribution in [3.63, 3.8) is 0 Å². The number of hydrogen-bond acceptors (Lipinski definition) is 2. The number of nitrogens with two attached hydrogens (primary N) is 1. The van der Waals surface area contributed by atoms with Crippen molar-refractivity contribution in [3.05, 3.63) is 40.9 Å². The van der Waals surface area contributed by atoms with Crippen LogP contribution in [-0.2, 0) is 0 Å². The number of hydrogen-bond donors (Lipinski definition) is 1. The molecule has 0 aliphatic carbocycles. The summed E-state index contributed by atoms with van der Waals surface area (Å²) in [5.74, 6) is 0. The first-order chi connectivity index (χ1) is 7.29. The molecular formula is C12H15ClN2. The third-order valence-electron chi connectivity index (χ3n) is 2.74. The molecular weight excluding hydrogens is 208 g/mol. The molecule has 3 heteroatoms. The van der Waals surface area contributed by atoms with Crippen molar-refractivity contribution in [3.8, 4) is 0 Å². The maximum absolute atomic E-state index is 5.96. The first-order valence-corrected chi connectivity index (χ1v) is 5.56. The van der Waals surface area contributed by atoms with Crippen molar-refractivity contribution >= 4 is 17.3 Å². The monoisotopic (exact) mass is 222 g/mol. The molecule has 1 aromatic carbocycles. The van der Waals surface area contributed by atoms with E-state index < -0.39 is 0 Å². The van der Waals surface area contributed by atoms with Crippen LogP contribution in [0.4, 0.5) is 5.69 Å². The third-order valence-corrected chi connectivity index (χ3v) is 2.97. The third kappa shape index (κ3) is 2.52. The molecule has 1 heterocycles. The zero-order valence-corrected chi connectivity index (χ0v) is 9.37. The van der Waals surface area contributed by atoms with Gasteiger partial charge in [-0.1, -0.05) is 29.3 Å². The van der Waals surface area contributed by atoms with Gasteiger partial charge in [-0.2, -0.15) is 0 Å². The van der Waals surface area contributed by atoms with E-state index in [-0.39, 0.29) is 0 Å². The van der Waals surface area contributed by atoms with Gasteiger partial charge in [0.05, 0.1) is 0 Å². The van der Waals surface area contributed by atoms with Crippen LogP contribution in [0.5, 0.6) is 0 Å². The summed E-state index contributed by atoms with van der Waals surface area (Å²) in [5, 5.41) is 0.793. The SMILES string of the molecule is NCC1=CCN(c2cccc(Cl)c2)CC1. The Morgan fingerprint density at radius 1 is 1.40 bits per heavy atom. The van der Waals surface area contributed by atoms with E-state index in [1.165, 1.54) is 11.3 Å². The van der Waals surface area contributed by atoms with Crippen molar-refractivity contribution in [1.82, 2.24) is 0 Å². The van der Waals surface area contributed by atoms with Gasteiger partial charge in [-0.25, -0.2) is 0 Å². The van der Waals surface area contributed by atoms with Gasteiger partial charge in [0.1, 0.15) is 0 Å². The summed E-state index contributed by atoms with van der Waals surface area (Å²) in [6.45, 7) is 2.65. The molecule has 0 radical (unpaired) electrons. The summed E-state index contributed by atoms with van der Waals surface area (Å²) in [6, 6.07) is 7.98. The van der Waals surface area contributed by atoms with Crippen molar-refractivity contribution in [2.75, 3.05) is 24.5 Å². The van der Waals surface area contributed by atoms with E-state index in [1.807, 2.05) is 18.2 Å². The molecule has 0 amide bonds. The van der Waals surface area contributed by atoms with E-state index in [0.717, 1.165) is 24.5 Å². The van der Waals surface area contributed by atoms with Gasteiger partial charge in [0, 0.05) is 30.3 Å². The maximum Gasteiger partial charge on any atom is 0.0426 e. The second kappa shape index (κ2) is 4.69. The largest absolute Gasteiger partial charge is 0.367 e. The van der Waals surface area contributed by atoms with Gasteiger partial charge in [0.2, 0.25) is 0 Å². The van der Waals surface area contributed by atoms with Crippen LogP contribution in [0, 0.1) is 0 Å². The highest BCUT2D eigenvalue weighted by molar-refractivity contribution is 6.30. The Morgan fingerprint density at radius 3 is 2.87 bits per heavy atom. The highest BCUT2D eigenvalue weighted by atomic mass is 35.5. The molecule has 1 aromatic rings. The van der Waals surface area contributed by atoms with E-state index >= 15 is 0 Å². The molecule has 0 aromatic heterocycles. The molecule has 0 bridgehead atoms. The number of nitrogens with zero attached hydrogens (tertiary/aromatic N) is 1. The van der Waals surface area contributed by atoms with Crippen LogP contribution in [0.15, 0.2) is 35.9 Å². The van der Waals surface area contributed by atoms with Crippen LogP contribution in [0.25, 0.3) is 0 Å². The van der Waals surface area contributed by atoms with Gasteiger partial charge < -0.3 is 10.6 Å². The van der Waals surface area contributed by atoms with Gasteiger partial charge in [-0.15, -0.1) is 0 Å². The second-order valence-corrected chi connectivity index (χ2v) is 4.18. The van der Waals surface area contributed by atoms with Gasteiger partial charge in [-0.3, -0.25) is 0 Å². The van der Waals surface area contributed by atoms with Crippen molar-refractivity contribution in [2.45, 2.75) is 6.42 Å². The molecule has 1 aliphatic rings. The van der Waals surface area contributed by atoms with E-state index in [4.69, 9.17) is 17.3 Å². The highest BCUT2D eigenvalue weighted by Crippen LogP contribution is 2.22. The smallest absolute Gasteiger partial charge is 0.0426 e. The minimum atomic E-state index is 0.684. The van der Waals surface area contributed by atoms with Crippen LogP contribution in [0.3, 0.4) is 0 Å². The Balaban J connectivity index is 2.11. The first-order valence-electron chi connectivity index (χ1n) is 5.18. The zero-order chi connectivity index (χ0) is 10.7. The minimum absolute atomic E-state index is 0.684. The molecule has 0 atom stereocenters. The normalized spacial score (nSPS) is 16.4. The van der Waals surface area contributed by atoms with Crippen LogP contribution in [0.2, 0.25) is 5.02 Å². The number of anilines is 1. The van der Waals surface area contributed by atoms with Crippen LogP contribution in [0.1, 0.15) is 6.42 Å². The fourth-order valence-corrected chi connectivity index (χ4v) is 1.99. The molecule has 0 spiro atoms. The summed E-state index contributed by atoms with van der Waals surface area (Å²) in [4.78, 5) is 2.31. The van der Waals surface area contributed by atoms with Crippen molar-refractivity contribution in [1.29, 1.82) is 0 Å². The number of benzene rings is 1. The summed E-state index contributed by atoms with van der Waals surface area (Å²) < 4.78 is 0. The number of halogens is 1. The first kappa shape index (κ1) is 10.5. The molecule has 2 N–H and O–H groups in total. The quantitative estimate of drug-likeness (QED) is 0.779. The lowest BCUT2D eigenvalue weighted by Crippen LogP contribution is -2.29. The molecule has 0 unspecified atom stereocenters. The predicted octanol–water partition coefficient (Wildman–Crippen LogP) is 2.44. The molecule has 0 fully saturated rings. The van der Waals surface area contributed by atoms with E-state index in [0.29, 0.717) is 6.54 Å². The molecule has 80 valence electrons. The minimum Gasteiger partial charge on any atom is -0.367 e. The van der Waals surface area contributed by atoms with Crippen LogP contribution < -0.4 is 10.6 Å². The lowest BCUT2D eigenvalue weighted by atomic mass is 10.1. The Hall–Kier alpha value is -0.990. The summed E-state index contributed by atoms with van der Waals surface area (Å²) in [7, 11) is 0. The van der Waals surface area contributed by atoms with Gasteiger partial charge >= 0.3 is 0 Å². The molecule has 15 heavy (non-hydrogen) atoms. The molecule has 2 rings (SSSR count). The maximum atomic E-state index is 5.96. The lowest BCUT2D eigenvalue weighted by Gasteiger charge is -2.28. The summed E-state index contributed by atoms with van der Waals surface area (Å²) >= 11 is 5.96. The fraction of sp³-hybridized carbons (Fsp3) is 0.333. The Kier molecular flexibility index (Phi) is 3.29. The van der Waals surface area contributed by atoms with Crippen LogP contribution >= 0.6 is 11.6 Å². The van der Waals surface area contributed by atoms with E-state index in [1.54, 1.807) is 0 Å². The zero-order valence-electron chi connectivity index (χ0n) is 8.62. The van der Waals surface area contributed by atoms with E-state index in [9.17, 15) is 0 Å². The molecule has 0 saturated carbocycles. The van der Waals surface area contributed by atoms with Crippen molar-refractivity contribution < 1.29 is 0 Å². The average molecular weight is 223 g/mol. The molecule has 2 nitrogen and oxygen atoms in total. The topological polar surface area (TPSA) is 29.3 Å². The van der Waals surface area contributed by atoms with E-state index in [2.05, 4.69) is 17.0 Å². The second-order valence-electron chi connectivity index (χ2n) is 3.74. The summed E-state index contributed by atoms with van der Waals surface area (Å²) in [6.07, 6.45) is 3.27. The number of rotatable bonds is 2. The van der Waals surface area contributed by atoms with Gasteiger partial charge in [-0.05, 0) is 24.6 Å². The Labute approximate surface area is 95.3 Å². The Bertz CT molecular complexity index is 374. The standard InChI is InChI=1S/C12H15ClN2/c13-11-2-1-3-12(8-11)15-6-4-10(9-14)5-7-15/h1-4,8H,5-7,9,14H2. The van der Waals surface area contributed by atoms with Gasteiger partial charge in [0.25, 0.3) is 0 Å². The predicted molar refractivity (Wildman–Crippen MR) is 65.4 cm³/mol. The Morgan fingerprint density at radius 2 is 2.27 bits per heavy atom. The lowest BCUT2D eigenvalue weighted by molar-refractivity contribution is 0.773. The molecule has 0 saturated heterocycles. The van der Waals surface area contributed by atoms with Crippen molar-refractivity contribution in [2.24, 2.45) is 5.73 Å². The summed E-state index contributed by atoms with van der Waals surface area (Å²) in [5.41, 5.74) is 8.15. The molecule has 1 aliphatic heterocycles. The highest BCUT2D eigenvalue weighted by Gasteiger charge is 2.11. The fourth-order valence-electron chi connectivity index (χ4n) is 1.80. The average Bonchev–Trinajstić information content (AvgIpc) is 2.29.